The zero-order valence-corrected chi connectivity index (χ0v) is 30.9. The van der Waals surface area contributed by atoms with Gasteiger partial charge in [-0.25, -0.2) is 19.9 Å². The monoisotopic (exact) mass is 742 g/mol. The second-order valence-electron chi connectivity index (χ2n) is 14.5. The number of nitrogens with zero attached hydrogens (tertiary/aromatic N) is 4. The van der Waals surface area contributed by atoms with Crippen LogP contribution in [0.1, 0.15) is 0 Å². The molecule has 12 rings (SSSR count). The van der Waals surface area contributed by atoms with Gasteiger partial charge in [-0.2, -0.15) is 0 Å². The molecule has 4 aromatic heterocycles. The molecule has 6 heteroatoms. The van der Waals surface area contributed by atoms with Crippen LogP contribution in [0.2, 0.25) is 0 Å². The Kier molecular flexibility index (Phi) is 7.13. The predicted octanol–water partition coefficient (Wildman–Crippen LogP) is 13.7. The lowest BCUT2D eigenvalue weighted by Gasteiger charge is -2.14. The van der Waals surface area contributed by atoms with Crippen molar-refractivity contribution in [3.8, 4) is 56.5 Å². The Morgan fingerprint density at radius 3 is 1.60 bits per heavy atom. The van der Waals surface area contributed by atoms with E-state index in [0.29, 0.717) is 17.5 Å². The highest BCUT2D eigenvalue weighted by atomic mass is 16.3. The van der Waals surface area contributed by atoms with Crippen LogP contribution in [-0.2, 0) is 0 Å². The summed E-state index contributed by atoms with van der Waals surface area (Å²) in [5.41, 5.74) is 11.0. The summed E-state index contributed by atoms with van der Waals surface area (Å²) in [4.78, 5) is 20.4. The van der Waals surface area contributed by atoms with Gasteiger partial charge in [0.1, 0.15) is 22.3 Å². The highest BCUT2D eigenvalue weighted by Gasteiger charge is 2.21. The number of furan rings is 2. The summed E-state index contributed by atoms with van der Waals surface area (Å²) in [6, 6.07) is 62.2. The Balaban J connectivity index is 0.990. The molecule has 4 heterocycles. The predicted molar refractivity (Wildman–Crippen MR) is 234 cm³/mol. The van der Waals surface area contributed by atoms with Gasteiger partial charge < -0.3 is 8.83 Å². The maximum absolute atomic E-state index is 6.52. The number of pyridine rings is 1. The Labute approximate surface area is 331 Å². The maximum Gasteiger partial charge on any atom is 0.167 e. The largest absolute Gasteiger partial charge is 0.455 e. The Hall–Kier alpha value is -7.96. The van der Waals surface area contributed by atoms with Gasteiger partial charge in [0.05, 0.1) is 22.2 Å². The van der Waals surface area contributed by atoms with Gasteiger partial charge in [-0.1, -0.05) is 152 Å². The van der Waals surface area contributed by atoms with Crippen LogP contribution >= 0.6 is 0 Å². The molecule has 0 fully saturated rings. The maximum atomic E-state index is 6.52. The molecule has 12 aromatic rings. The Morgan fingerprint density at radius 1 is 0.293 bits per heavy atom. The fourth-order valence-corrected chi connectivity index (χ4v) is 8.43. The molecule has 0 N–H and O–H groups in total. The van der Waals surface area contributed by atoms with E-state index in [2.05, 4.69) is 97.1 Å². The lowest BCUT2D eigenvalue weighted by Crippen LogP contribution is -2.00. The van der Waals surface area contributed by atoms with E-state index in [1.54, 1.807) is 0 Å². The summed E-state index contributed by atoms with van der Waals surface area (Å²) in [5, 5.41) is 7.43. The summed E-state index contributed by atoms with van der Waals surface area (Å²) < 4.78 is 12.9. The van der Waals surface area contributed by atoms with Gasteiger partial charge in [-0.15, -0.1) is 0 Å². The van der Waals surface area contributed by atoms with Crippen LogP contribution in [0.4, 0.5) is 0 Å². The van der Waals surface area contributed by atoms with Crippen molar-refractivity contribution in [3.63, 3.8) is 0 Å². The van der Waals surface area contributed by atoms with Gasteiger partial charge in [0.2, 0.25) is 0 Å². The highest BCUT2D eigenvalue weighted by Crippen LogP contribution is 2.43. The number of hydrogen-bond acceptors (Lipinski definition) is 6. The van der Waals surface area contributed by atoms with Gasteiger partial charge in [0, 0.05) is 38.2 Å². The van der Waals surface area contributed by atoms with Crippen LogP contribution in [0.15, 0.2) is 191 Å². The molecular weight excluding hydrogens is 713 g/mol. The minimum atomic E-state index is 0.556. The number of para-hydroxylation sites is 4. The molecule has 0 aliphatic rings. The molecular formula is C52H30N4O2. The average molecular weight is 743 g/mol. The number of benzene rings is 8. The van der Waals surface area contributed by atoms with E-state index in [-0.39, 0.29) is 0 Å². The summed E-state index contributed by atoms with van der Waals surface area (Å²) >= 11 is 0. The van der Waals surface area contributed by atoms with Crippen LogP contribution < -0.4 is 0 Å². The molecule has 0 spiro atoms. The molecule has 0 saturated heterocycles. The molecule has 270 valence electrons. The third-order valence-corrected chi connectivity index (χ3v) is 11.2. The smallest absolute Gasteiger partial charge is 0.167 e. The molecule has 0 aliphatic carbocycles. The molecule has 0 bridgehead atoms. The second kappa shape index (κ2) is 12.8. The number of rotatable bonds is 5. The van der Waals surface area contributed by atoms with E-state index in [1.165, 1.54) is 0 Å². The van der Waals surface area contributed by atoms with Crippen LogP contribution in [0.3, 0.4) is 0 Å². The van der Waals surface area contributed by atoms with E-state index in [4.69, 9.17) is 28.8 Å². The van der Waals surface area contributed by atoms with E-state index in [1.807, 2.05) is 84.9 Å². The Morgan fingerprint density at radius 2 is 0.828 bits per heavy atom. The van der Waals surface area contributed by atoms with Crippen molar-refractivity contribution in [3.05, 3.63) is 182 Å². The topological polar surface area (TPSA) is 77.8 Å². The van der Waals surface area contributed by atoms with Crippen molar-refractivity contribution in [2.24, 2.45) is 0 Å². The van der Waals surface area contributed by atoms with Gasteiger partial charge in [0.25, 0.3) is 0 Å². The zero-order chi connectivity index (χ0) is 38.2. The molecule has 0 radical (unpaired) electrons. The first-order chi connectivity index (χ1) is 28.7. The summed E-state index contributed by atoms with van der Waals surface area (Å²) in [7, 11) is 0. The van der Waals surface area contributed by atoms with Crippen molar-refractivity contribution in [1.29, 1.82) is 0 Å². The average Bonchev–Trinajstić information content (AvgIpc) is 3.88. The summed E-state index contributed by atoms with van der Waals surface area (Å²) in [6.45, 7) is 0. The molecule has 0 atom stereocenters. The normalized spacial score (nSPS) is 11.8. The number of hydrogen-bond donors (Lipinski definition) is 0. The quantitative estimate of drug-likeness (QED) is 0.175. The van der Waals surface area contributed by atoms with Gasteiger partial charge >= 0.3 is 0 Å². The van der Waals surface area contributed by atoms with E-state index in [0.717, 1.165) is 105 Å². The summed E-state index contributed by atoms with van der Waals surface area (Å²) in [6.07, 6.45) is 0. The van der Waals surface area contributed by atoms with E-state index in [9.17, 15) is 0 Å². The molecule has 8 aromatic carbocycles. The van der Waals surface area contributed by atoms with Crippen LogP contribution in [-0.4, -0.2) is 19.9 Å². The minimum Gasteiger partial charge on any atom is -0.455 e. The highest BCUT2D eigenvalue weighted by molar-refractivity contribution is 6.21. The standard InChI is InChI=1S/C52H30N4O2/c1-2-13-32(14-3-1)50-54-51(56-52(55-50)42-21-12-20-39-37-17-7-10-23-44(37)57-48(39)42)33-27-25-31(26-28-33)34-29-30-38(36-16-5-4-15-35(34)36)47-46-41-19-8-11-24-45(41)58-49(46)40-18-6-9-22-43(40)53-47/h1-30H. The lowest BCUT2D eigenvalue weighted by molar-refractivity contribution is 0.669. The summed E-state index contributed by atoms with van der Waals surface area (Å²) in [5.74, 6) is 1.74. The lowest BCUT2D eigenvalue weighted by atomic mass is 9.92. The van der Waals surface area contributed by atoms with Gasteiger partial charge in [-0.3, -0.25) is 0 Å². The molecule has 0 unspecified atom stereocenters. The Bertz CT molecular complexity index is 3570. The first kappa shape index (κ1) is 32.3. The van der Waals surface area contributed by atoms with Crippen LogP contribution in [0, 0.1) is 0 Å². The van der Waals surface area contributed by atoms with Crippen LogP contribution in [0.5, 0.6) is 0 Å². The minimum absolute atomic E-state index is 0.556. The first-order valence-corrected chi connectivity index (χ1v) is 19.3. The fraction of sp³-hybridized carbons (Fsp3) is 0. The van der Waals surface area contributed by atoms with Crippen molar-refractivity contribution >= 4 is 65.6 Å². The van der Waals surface area contributed by atoms with Crippen molar-refractivity contribution in [1.82, 2.24) is 19.9 Å². The molecule has 0 aliphatic heterocycles. The number of aromatic nitrogens is 4. The molecule has 6 nitrogen and oxygen atoms in total. The van der Waals surface area contributed by atoms with Crippen molar-refractivity contribution in [2.45, 2.75) is 0 Å². The van der Waals surface area contributed by atoms with Gasteiger partial charge in [0.15, 0.2) is 17.5 Å². The van der Waals surface area contributed by atoms with E-state index >= 15 is 0 Å². The fourth-order valence-electron chi connectivity index (χ4n) is 8.43. The van der Waals surface area contributed by atoms with Crippen molar-refractivity contribution < 1.29 is 8.83 Å². The first-order valence-electron chi connectivity index (χ1n) is 19.3. The third kappa shape index (κ3) is 5.05. The van der Waals surface area contributed by atoms with E-state index < -0.39 is 0 Å². The molecule has 0 saturated carbocycles. The second-order valence-corrected chi connectivity index (χ2v) is 14.5. The zero-order valence-electron chi connectivity index (χ0n) is 30.9. The number of fused-ring (bicyclic) bond motifs is 9. The molecule has 58 heavy (non-hydrogen) atoms. The van der Waals surface area contributed by atoms with Crippen molar-refractivity contribution in [2.75, 3.05) is 0 Å². The SMILES string of the molecule is c1ccc(-c2nc(-c3ccc(-c4ccc(-c5nc6ccccc6c6oc7ccccc7c56)c5ccccc45)cc3)nc(-c3cccc4c3oc3ccccc34)n2)cc1. The van der Waals surface area contributed by atoms with Gasteiger partial charge in [-0.05, 0) is 52.2 Å². The molecule has 0 amide bonds. The van der Waals surface area contributed by atoms with Crippen LogP contribution in [0.25, 0.3) is 122 Å². The third-order valence-electron chi connectivity index (χ3n) is 11.2.